The van der Waals surface area contributed by atoms with Gasteiger partial charge in [0.2, 0.25) is 0 Å². The molecular weight excluding hydrogens is 464 g/mol. The van der Waals surface area contributed by atoms with Crippen molar-refractivity contribution in [3.63, 3.8) is 0 Å². The number of ketones is 1. The van der Waals surface area contributed by atoms with E-state index in [0.717, 1.165) is 75.5 Å². The molecule has 5 heteroatoms. The zero-order chi connectivity index (χ0) is 26.5. The number of unbranched alkanes of at least 4 members (excludes halogenated alkanes) is 3. The van der Waals surface area contributed by atoms with Crippen LogP contribution in [0.1, 0.15) is 142 Å². The van der Waals surface area contributed by atoms with Crippen LogP contribution in [0.4, 0.5) is 0 Å². The van der Waals surface area contributed by atoms with E-state index in [-0.39, 0.29) is 30.2 Å². The van der Waals surface area contributed by atoms with Gasteiger partial charge in [0, 0.05) is 0 Å². The van der Waals surface area contributed by atoms with Crippen LogP contribution in [0, 0.1) is 29.6 Å². The Morgan fingerprint density at radius 3 is 1.78 bits per heavy atom. The summed E-state index contributed by atoms with van der Waals surface area (Å²) in [5, 5.41) is 0. The molecule has 3 fully saturated rings. The van der Waals surface area contributed by atoms with Gasteiger partial charge >= 0.3 is 11.9 Å². The van der Waals surface area contributed by atoms with Crippen LogP contribution in [0.2, 0.25) is 0 Å². The fraction of sp³-hybridized carbons (Fsp3) is 0.906. The Bertz CT molecular complexity index is 679. The predicted octanol–water partition coefficient (Wildman–Crippen LogP) is 7.97. The highest BCUT2D eigenvalue weighted by molar-refractivity contribution is 5.94. The highest BCUT2D eigenvalue weighted by Crippen LogP contribution is 2.42. The van der Waals surface area contributed by atoms with Gasteiger partial charge in [-0.3, -0.25) is 14.4 Å². The van der Waals surface area contributed by atoms with Crippen LogP contribution >= 0.6 is 0 Å². The molecule has 0 heterocycles. The molecule has 0 spiro atoms. The van der Waals surface area contributed by atoms with Gasteiger partial charge in [0.1, 0.15) is 18.3 Å². The van der Waals surface area contributed by atoms with Crippen molar-refractivity contribution in [2.24, 2.45) is 29.6 Å². The standard InChI is InChI=1S/C32H54O5/c1-3-4-5-8-25-10-14-27(15-11-25)28-18-20-30(21-19-28)37-32(35)29-16-12-26(13-17-29)9-6-7-22-36-31(34)23-24(2)33/h25-30H,3-23H2,1-2H3/t25-,26-,27-,28-,29-,30-. The van der Waals surface area contributed by atoms with Gasteiger partial charge in [-0.1, -0.05) is 51.9 Å². The Hall–Kier alpha value is -1.39. The van der Waals surface area contributed by atoms with E-state index in [2.05, 4.69) is 6.92 Å². The number of ether oxygens (including phenoxy) is 2. The first-order chi connectivity index (χ1) is 17.9. The van der Waals surface area contributed by atoms with Gasteiger partial charge in [0.05, 0.1) is 12.5 Å². The zero-order valence-electron chi connectivity index (χ0n) is 23.9. The smallest absolute Gasteiger partial charge is 0.313 e. The fourth-order valence-corrected chi connectivity index (χ4v) is 7.23. The summed E-state index contributed by atoms with van der Waals surface area (Å²) >= 11 is 0. The molecule has 212 valence electrons. The van der Waals surface area contributed by atoms with E-state index < -0.39 is 5.97 Å². The SMILES string of the molecule is CCCCC[C@H]1CC[C@H]([C@H]2CC[C@H](OC(=O)[C@H]3CC[C@H](CCCCOC(=O)CC(C)=O)CC3)CC2)CC1. The van der Waals surface area contributed by atoms with Crippen LogP contribution in [-0.4, -0.2) is 30.4 Å². The molecule has 0 saturated heterocycles. The van der Waals surface area contributed by atoms with Crippen LogP contribution in [0.5, 0.6) is 0 Å². The molecule has 0 aromatic heterocycles. The van der Waals surface area contributed by atoms with E-state index in [0.29, 0.717) is 12.5 Å². The first-order valence-electron chi connectivity index (χ1n) is 15.8. The van der Waals surface area contributed by atoms with Gasteiger partial charge in [-0.15, -0.1) is 0 Å². The molecule has 5 nitrogen and oxygen atoms in total. The topological polar surface area (TPSA) is 69.7 Å². The largest absolute Gasteiger partial charge is 0.465 e. The summed E-state index contributed by atoms with van der Waals surface area (Å²) in [5.41, 5.74) is 0. The molecule has 3 aliphatic rings. The van der Waals surface area contributed by atoms with Crippen molar-refractivity contribution in [3.05, 3.63) is 0 Å². The quantitative estimate of drug-likeness (QED) is 0.132. The van der Waals surface area contributed by atoms with Crippen molar-refractivity contribution < 1.29 is 23.9 Å². The van der Waals surface area contributed by atoms with Crippen molar-refractivity contribution in [2.45, 2.75) is 148 Å². The van der Waals surface area contributed by atoms with Gasteiger partial charge in [0.25, 0.3) is 0 Å². The minimum atomic E-state index is -0.416. The summed E-state index contributed by atoms with van der Waals surface area (Å²) in [7, 11) is 0. The molecule has 0 N–H and O–H groups in total. The Morgan fingerprint density at radius 1 is 0.676 bits per heavy atom. The third kappa shape index (κ3) is 11.1. The highest BCUT2D eigenvalue weighted by atomic mass is 16.5. The first-order valence-corrected chi connectivity index (χ1v) is 15.8. The third-order valence-corrected chi connectivity index (χ3v) is 9.62. The first kappa shape index (κ1) is 30.2. The maximum atomic E-state index is 12.8. The summed E-state index contributed by atoms with van der Waals surface area (Å²) in [6.07, 6.45) is 23.1. The van der Waals surface area contributed by atoms with E-state index in [1.807, 2.05) is 0 Å². The number of esters is 2. The Morgan fingerprint density at radius 2 is 1.22 bits per heavy atom. The second-order valence-electron chi connectivity index (χ2n) is 12.6. The molecule has 0 aromatic carbocycles. The van der Waals surface area contributed by atoms with Gasteiger partial charge in [-0.2, -0.15) is 0 Å². The number of carbonyl (C=O) groups is 3. The molecule has 3 rings (SSSR count). The molecule has 3 saturated carbocycles. The average Bonchev–Trinajstić information content (AvgIpc) is 2.89. The van der Waals surface area contributed by atoms with Gasteiger partial charge in [0.15, 0.2) is 0 Å². The van der Waals surface area contributed by atoms with Crippen molar-refractivity contribution in [3.8, 4) is 0 Å². The lowest BCUT2D eigenvalue weighted by Gasteiger charge is -2.38. The number of Topliss-reactive ketones (excluding diaryl/α,β-unsaturated/α-hetero) is 1. The van der Waals surface area contributed by atoms with Crippen LogP contribution in [-0.2, 0) is 23.9 Å². The minimum absolute atomic E-state index is 0.0619. The van der Waals surface area contributed by atoms with Crippen LogP contribution in [0.25, 0.3) is 0 Å². The molecule has 0 amide bonds. The summed E-state index contributed by atoms with van der Waals surface area (Å²) in [5.74, 6) is 3.00. The monoisotopic (exact) mass is 518 g/mol. The number of hydrogen-bond donors (Lipinski definition) is 0. The zero-order valence-corrected chi connectivity index (χ0v) is 23.9. The van der Waals surface area contributed by atoms with E-state index in [9.17, 15) is 14.4 Å². The van der Waals surface area contributed by atoms with Gasteiger partial charge in [-0.25, -0.2) is 0 Å². The second-order valence-corrected chi connectivity index (χ2v) is 12.6. The maximum Gasteiger partial charge on any atom is 0.313 e. The highest BCUT2D eigenvalue weighted by Gasteiger charge is 2.34. The maximum absolute atomic E-state index is 12.8. The van der Waals surface area contributed by atoms with Crippen molar-refractivity contribution in [2.75, 3.05) is 6.61 Å². The molecule has 37 heavy (non-hydrogen) atoms. The minimum Gasteiger partial charge on any atom is -0.465 e. The Balaban J connectivity index is 1.22. The van der Waals surface area contributed by atoms with Gasteiger partial charge in [-0.05, 0) is 108 Å². The molecule has 0 aliphatic heterocycles. The Labute approximate surface area is 226 Å². The van der Waals surface area contributed by atoms with Crippen LogP contribution < -0.4 is 0 Å². The molecule has 0 radical (unpaired) electrons. The number of carbonyl (C=O) groups excluding carboxylic acids is 3. The molecule has 0 bridgehead atoms. The lowest BCUT2D eigenvalue weighted by Crippen LogP contribution is -2.32. The molecule has 0 atom stereocenters. The van der Waals surface area contributed by atoms with Crippen molar-refractivity contribution >= 4 is 17.7 Å². The lowest BCUT2D eigenvalue weighted by molar-refractivity contribution is -0.157. The number of rotatable bonds is 14. The predicted molar refractivity (Wildman–Crippen MR) is 147 cm³/mol. The van der Waals surface area contributed by atoms with E-state index in [1.165, 1.54) is 71.1 Å². The van der Waals surface area contributed by atoms with E-state index >= 15 is 0 Å². The molecule has 0 unspecified atom stereocenters. The second kappa shape index (κ2) is 16.5. The molecule has 0 aromatic rings. The third-order valence-electron chi connectivity index (χ3n) is 9.62. The lowest BCUT2D eigenvalue weighted by atomic mass is 9.70. The van der Waals surface area contributed by atoms with E-state index in [1.54, 1.807) is 0 Å². The van der Waals surface area contributed by atoms with Gasteiger partial charge < -0.3 is 9.47 Å². The summed E-state index contributed by atoms with van der Waals surface area (Å²) in [6, 6.07) is 0. The summed E-state index contributed by atoms with van der Waals surface area (Å²) in [6.45, 7) is 4.10. The molecule has 3 aliphatic carbocycles. The normalized spacial score (nSPS) is 30.4. The Kier molecular flexibility index (Phi) is 13.5. The van der Waals surface area contributed by atoms with Crippen molar-refractivity contribution in [1.82, 2.24) is 0 Å². The average molecular weight is 519 g/mol. The van der Waals surface area contributed by atoms with Crippen molar-refractivity contribution in [1.29, 1.82) is 0 Å². The fourth-order valence-electron chi connectivity index (χ4n) is 7.23. The number of hydrogen-bond acceptors (Lipinski definition) is 5. The summed E-state index contributed by atoms with van der Waals surface area (Å²) < 4.78 is 11.1. The summed E-state index contributed by atoms with van der Waals surface area (Å²) in [4.78, 5) is 35.2. The van der Waals surface area contributed by atoms with Crippen LogP contribution in [0.15, 0.2) is 0 Å². The van der Waals surface area contributed by atoms with Crippen LogP contribution in [0.3, 0.4) is 0 Å². The molecular formula is C32H54O5. The van der Waals surface area contributed by atoms with E-state index in [4.69, 9.17) is 9.47 Å².